The zero-order valence-electron chi connectivity index (χ0n) is 9.93. The molecule has 1 aromatic carbocycles. The van der Waals surface area contributed by atoms with Gasteiger partial charge in [-0.3, -0.25) is 4.79 Å². The molecule has 17 heavy (non-hydrogen) atoms. The first-order chi connectivity index (χ1) is 8.27. The molecule has 92 valence electrons. The maximum Gasteiger partial charge on any atom is 0.305 e. The Bertz CT molecular complexity index is 374. The molecule has 0 bridgehead atoms. The van der Waals surface area contributed by atoms with Crippen LogP contribution in [-0.2, 0) is 9.53 Å². The molecule has 0 radical (unpaired) electrons. The third kappa shape index (κ3) is 4.68. The highest BCUT2D eigenvalue weighted by Gasteiger charge is 2.06. The molecule has 0 amide bonds. The Labute approximate surface area is 101 Å². The molecule has 0 aliphatic carbocycles. The number of rotatable bonds is 6. The highest BCUT2D eigenvalue weighted by Crippen LogP contribution is 2.08. The van der Waals surface area contributed by atoms with E-state index in [9.17, 15) is 4.79 Å². The van der Waals surface area contributed by atoms with Crippen molar-refractivity contribution >= 4 is 11.7 Å². The van der Waals surface area contributed by atoms with Gasteiger partial charge < -0.3 is 9.94 Å². The smallest absolute Gasteiger partial charge is 0.305 e. The summed E-state index contributed by atoms with van der Waals surface area (Å²) in [6.45, 7) is 2.18. The third-order valence-corrected chi connectivity index (χ3v) is 2.33. The molecule has 0 aliphatic rings. The first-order valence-electron chi connectivity index (χ1n) is 5.70. The molecule has 0 spiro atoms. The summed E-state index contributed by atoms with van der Waals surface area (Å²) in [6, 6.07) is 9.41. The summed E-state index contributed by atoms with van der Waals surface area (Å²) >= 11 is 0. The van der Waals surface area contributed by atoms with Crippen molar-refractivity contribution in [3.8, 4) is 0 Å². The zero-order chi connectivity index (χ0) is 12.5. The van der Waals surface area contributed by atoms with Crippen LogP contribution in [0.15, 0.2) is 35.5 Å². The maximum absolute atomic E-state index is 11.1. The summed E-state index contributed by atoms with van der Waals surface area (Å²) in [7, 11) is 0. The van der Waals surface area contributed by atoms with Gasteiger partial charge in [0.2, 0.25) is 0 Å². The van der Waals surface area contributed by atoms with E-state index < -0.39 is 0 Å². The fraction of sp³-hybridized carbons (Fsp3) is 0.385. The van der Waals surface area contributed by atoms with Crippen molar-refractivity contribution in [1.29, 1.82) is 0 Å². The average molecular weight is 235 g/mol. The van der Waals surface area contributed by atoms with Gasteiger partial charge in [-0.25, -0.2) is 0 Å². The van der Waals surface area contributed by atoms with E-state index in [1.807, 2.05) is 30.3 Å². The van der Waals surface area contributed by atoms with Gasteiger partial charge in [-0.15, -0.1) is 0 Å². The highest BCUT2D eigenvalue weighted by molar-refractivity contribution is 6.00. The summed E-state index contributed by atoms with van der Waals surface area (Å²) in [4.78, 5) is 11.1. The Hall–Kier alpha value is -1.84. The van der Waals surface area contributed by atoms with Gasteiger partial charge in [0, 0.05) is 6.42 Å². The summed E-state index contributed by atoms with van der Waals surface area (Å²) in [5.74, 6) is -0.210. The Balaban J connectivity index is 2.42. The van der Waals surface area contributed by atoms with Crippen LogP contribution in [0.3, 0.4) is 0 Å². The van der Waals surface area contributed by atoms with Gasteiger partial charge in [-0.2, -0.15) is 0 Å². The maximum atomic E-state index is 11.1. The lowest BCUT2D eigenvalue weighted by molar-refractivity contribution is -0.143. The summed E-state index contributed by atoms with van der Waals surface area (Å²) < 4.78 is 4.82. The molecular weight excluding hydrogens is 218 g/mol. The number of esters is 1. The minimum Gasteiger partial charge on any atom is -0.466 e. The topological polar surface area (TPSA) is 58.9 Å². The van der Waals surface area contributed by atoms with E-state index in [1.165, 1.54) is 0 Å². The SMILES string of the molecule is CCOC(=O)CCC/C(=N/O)c1ccccc1. The number of benzene rings is 1. The number of nitrogens with zero attached hydrogens (tertiary/aromatic N) is 1. The van der Waals surface area contributed by atoms with E-state index in [2.05, 4.69) is 5.16 Å². The van der Waals surface area contributed by atoms with Crippen LogP contribution in [0.2, 0.25) is 0 Å². The third-order valence-electron chi connectivity index (χ3n) is 2.33. The molecule has 0 saturated heterocycles. The van der Waals surface area contributed by atoms with Crippen LogP contribution in [0.5, 0.6) is 0 Å². The second kappa shape index (κ2) is 7.44. The second-order valence-electron chi connectivity index (χ2n) is 3.57. The van der Waals surface area contributed by atoms with E-state index in [0.29, 0.717) is 31.6 Å². The van der Waals surface area contributed by atoms with Crippen molar-refractivity contribution in [3.63, 3.8) is 0 Å². The van der Waals surface area contributed by atoms with Crippen molar-refractivity contribution in [3.05, 3.63) is 35.9 Å². The van der Waals surface area contributed by atoms with Crippen LogP contribution in [0.25, 0.3) is 0 Å². The lowest BCUT2D eigenvalue weighted by atomic mass is 10.0. The number of carbonyl (C=O) groups is 1. The van der Waals surface area contributed by atoms with Gasteiger partial charge in [0.25, 0.3) is 0 Å². The van der Waals surface area contributed by atoms with Gasteiger partial charge in [0.05, 0.1) is 12.3 Å². The minimum absolute atomic E-state index is 0.210. The Morgan fingerprint density at radius 1 is 1.29 bits per heavy atom. The van der Waals surface area contributed by atoms with Crippen LogP contribution < -0.4 is 0 Å². The molecule has 4 nitrogen and oxygen atoms in total. The molecule has 0 fully saturated rings. The van der Waals surface area contributed by atoms with Gasteiger partial charge >= 0.3 is 5.97 Å². The van der Waals surface area contributed by atoms with Crippen LogP contribution in [0, 0.1) is 0 Å². The zero-order valence-corrected chi connectivity index (χ0v) is 9.93. The number of carbonyl (C=O) groups excluding carboxylic acids is 1. The van der Waals surface area contributed by atoms with Gasteiger partial charge in [0.15, 0.2) is 0 Å². The van der Waals surface area contributed by atoms with E-state index in [4.69, 9.17) is 9.94 Å². The van der Waals surface area contributed by atoms with Crippen LogP contribution in [0.4, 0.5) is 0 Å². The molecule has 0 atom stereocenters. The monoisotopic (exact) mass is 235 g/mol. The van der Waals surface area contributed by atoms with Crippen molar-refractivity contribution < 1.29 is 14.7 Å². The fourth-order valence-corrected chi connectivity index (χ4v) is 1.52. The average Bonchev–Trinajstić information content (AvgIpc) is 2.36. The first kappa shape index (κ1) is 13.2. The summed E-state index contributed by atoms with van der Waals surface area (Å²) in [5, 5.41) is 12.2. The molecular formula is C13H17NO3. The van der Waals surface area contributed by atoms with Gasteiger partial charge in [0.1, 0.15) is 0 Å². The van der Waals surface area contributed by atoms with Crippen LogP contribution in [-0.4, -0.2) is 23.5 Å². The molecule has 0 heterocycles. The predicted molar refractivity (Wildman–Crippen MR) is 65.2 cm³/mol. The fourth-order valence-electron chi connectivity index (χ4n) is 1.52. The van der Waals surface area contributed by atoms with Gasteiger partial charge in [-0.1, -0.05) is 35.5 Å². The standard InChI is InChI=1S/C13H17NO3/c1-2-17-13(15)10-6-9-12(14-16)11-7-4-3-5-8-11/h3-5,7-8,16H,2,6,9-10H2,1H3/b14-12-. The van der Waals surface area contributed by atoms with E-state index in [1.54, 1.807) is 6.92 Å². The second-order valence-corrected chi connectivity index (χ2v) is 3.57. The molecule has 0 aromatic heterocycles. The molecule has 1 aromatic rings. The van der Waals surface area contributed by atoms with E-state index >= 15 is 0 Å². The van der Waals surface area contributed by atoms with Crippen molar-refractivity contribution in [1.82, 2.24) is 0 Å². The van der Waals surface area contributed by atoms with Crippen molar-refractivity contribution in [2.75, 3.05) is 6.61 Å². The van der Waals surface area contributed by atoms with Crippen LogP contribution in [0.1, 0.15) is 31.7 Å². The highest BCUT2D eigenvalue weighted by atomic mass is 16.5. The molecule has 0 unspecified atom stereocenters. The largest absolute Gasteiger partial charge is 0.466 e. The summed E-state index contributed by atoms with van der Waals surface area (Å²) in [6.07, 6.45) is 1.52. The molecule has 4 heteroatoms. The van der Waals surface area contributed by atoms with E-state index in [0.717, 1.165) is 5.56 Å². The van der Waals surface area contributed by atoms with E-state index in [-0.39, 0.29) is 5.97 Å². The molecule has 1 N–H and O–H groups in total. The lowest BCUT2D eigenvalue weighted by Gasteiger charge is -2.04. The number of oxime groups is 1. The minimum atomic E-state index is -0.210. The number of hydrogen-bond donors (Lipinski definition) is 1. The number of hydrogen-bond acceptors (Lipinski definition) is 4. The van der Waals surface area contributed by atoms with Crippen molar-refractivity contribution in [2.45, 2.75) is 26.2 Å². The lowest BCUT2D eigenvalue weighted by Crippen LogP contribution is -2.06. The van der Waals surface area contributed by atoms with Crippen LogP contribution >= 0.6 is 0 Å². The predicted octanol–water partition coefficient (Wildman–Crippen LogP) is 2.60. The van der Waals surface area contributed by atoms with Gasteiger partial charge in [-0.05, 0) is 25.3 Å². The molecule has 0 saturated carbocycles. The first-order valence-corrected chi connectivity index (χ1v) is 5.70. The molecule has 1 rings (SSSR count). The van der Waals surface area contributed by atoms with Crippen molar-refractivity contribution in [2.24, 2.45) is 5.16 Å². The Morgan fingerprint density at radius 2 is 2.00 bits per heavy atom. The summed E-state index contributed by atoms with van der Waals surface area (Å²) in [5.41, 5.74) is 1.47. The quantitative estimate of drug-likeness (QED) is 0.357. The Kier molecular flexibility index (Phi) is 5.79. The normalized spacial score (nSPS) is 11.2. The number of ether oxygens (including phenoxy) is 1. The molecule has 0 aliphatic heterocycles. The Morgan fingerprint density at radius 3 is 2.59 bits per heavy atom.